The number of benzene rings is 1. The fourth-order valence-electron chi connectivity index (χ4n) is 0.929. The molecule has 4 nitrogen and oxygen atoms in total. The fraction of sp³-hybridized carbons (Fsp3) is 0.143. The van der Waals surface area contributed by atoms with Crippen LogP contribution in [0.15, 0.2) is 23.1 Å². The van der Waals surface area contributed by atoms with E-state index in [2.05, 4.69) is 0 Å². The summed E-state index contributed by atoms with van der Waals surface area (Å²) >= 11 is 0. The number of halogens is 1. The molecular weight excluding hydrogens is 197 g/mol. The van der Waals surface area contributed by atoms with Crippen LogP contribution in [0.5, 0.6) is 5.75 Å². The van der Waals surface area contributed by atoms with Gasteiger partial charge in [0.1, 0.15) is 10.6 Å². The summed E-state index contributed by atoms with van der Waals surface area (Å²) in [4.78, 5) is -0.740. The van der Waals surface area contributed by atoms with Gasteiger partial charge in [-0.15, -0.1) is 3.89 Å². The van der Waals surface area contributed by atoms with E-state index in [-0.39, 0.29) is 12.1 Å². The van der Waals surface area contributed by atoms with Crippen molar-refractivity contribution in [3.05, 3.63) is 23.8 Å². The first kappa shape index (κ1) is 9.94. The first-order chi connectivity index (χ1) is 5.96. The number of phenols is 1. The minimum absolute atomic E-state index is 0.0464. The Morgan fingerprint density at radius 1 is 1.46 bits per heavy atom. The first-order valence-corrected chi connectivity index (χ1v) is 4.80. The van der Waals surface area contributed by atoms with E-state index >= 15 is 0 Å². The third-order valence-electron chi connectivity index (χ3n) is 1.57. The van der Waals surface area contributed by atoms with E-state index in [0.29, 0.717) is 0 Å². The van der Waals surface area contributed by atoms with E-state index in [1.165, 1.54) is 12.1 Å². The number of aromatic hydroxyl groups is 1. The molecule has 1 rings (SSSR count). The molecule has 0 unspecified atom stereocenters. The number of para-hydroxylation sites is 1. The third kappa shape index (κ3) is 1.96. The zero-order valence-electron chi connectivity index (χ0n) is 6.57. The van der Waals surface area contributed by atoms with Gasteiger partial charge in [-0.1, -0.05) is 12.1 Å². The molecule has 0 atom stereocenters. The summed E-state index contributed by atoms with van der Waals surface area (Å²) in [6, 6.07) is 3.71. The molecule has 3 N–H and O–H groups in total. The normalized spacial score (nSPS) is 11.5. The molecule has 0 aliphatic heterocycles. The van der Waals surface area contributed by atoms with Crippen molar-refractivity contribution in [3.63, 3.8) is 0 Å². The molecule has 13 heavy (non-hydrogen) atoms. The quantitative estimate of drug-likeness (QED) is 0.689. The number of nitrogens with two attached hydrogens (primary N) is 1. The summed E-state index contributed by atoms with van der Waals surface area (Å²) in [7, 11) is -4.87. The molecular formula is C7H8FNO3S. The van der Waals surface area contributed by atoms with Crippen LogP contribution in [0.1, 0.15) is 5.56 Å². The van der Waals surface area contributed by atoms with Gasteiger partial charge in [0, 0.05) is 12.1 Å². The third-order valence-corrected chi connectivity index (χ3v) is 2.42. The number of hydrogen-bond donors (Lipinski definition) is 2. The van der Waals surface area contributed by atoms with Crippen molar-refractivity contribution in [1.82, 2.24) is 0 Å². The predicted molar refractivity (Wildman–Crippen MR) is 44.3 cm³/mol. The van der Waals surface area contributed by atoms with Gasteiger partial charge < -0.3 is 10.8 Å². The van der Waals surface area contributed by atoms with E-state index < -0.39 is 20.9 Å². The first-order valence-electron chi connectivity index (χ1n) is 3.42. The van der Waals surface area contributed by atoms with Gasteiger partial charge in [-0.05, 0) is 6.07 Å². The number of phenolic OH excluding ortho intramolecular Hbond substituents is 1. The van der Waals surface area contributed by atoms with Crippen LogP contribution in [0.2, 0.25) is 0 Å². The second-order valence-corrected chi connectivity index (χ2v) is 3.72. The molecule has 0 aliphatic rings. The highest BCUT2D eigenvalue weighted by molar-refractivity contribution is 7.86. The second-order valence-electron chi connectivity index (χ2n) is 2.41. The summed E-state index contributed by atoms with van der Waals surface area (Å²) in [5.74, 6) is -0.618. The maximum atomic E-state index is 12.5. The maximum absolute atomic E-state index is 12.5. The van der Waals surface area contributed by atoms with E-state index in [9.17, 15) is 17.4 Å². The topological polar surface area (TPSA) is 80.4 Å². The minimum Gasteiger partial charge on any atom is -0.506 e. The number of hydrogen-bond acceptors (Lipinski definition) is 4. The smallest absolute Gasteiger partial charge is 0.335 e. The Hall–Kier alpha value is -1.14. The lowest BCUT2D eigenvalue weighted by molar-refractivity contribution is 0.448. The van der Waals surface area contributed by atoms with Crippen LogP contribution in [0.3, 0.4) is 0 Å². The molecule has 0 saturated carbocycles. The molecule has 72 valence electrons. The monoisotopic (exact) mass is 205 g/mol. The van der Waals surface area contributed by atoms with Crippen LogP contribution in [0, 0.1) is 0 Å². The van der Waals surface area contributed by atoms with Crippen LogP contribution in [-0.2, 0) is 16.8 Å². The summed E-state index contributed by atoms with van der Waals surface area (Å²) in [6.45, 7) is -0.0464. The summed E-state index contributed by atoms with van der Waals surface area (Å²) in [5, 5.41) is 9.23. The molecule has 0 fully saturated rings. The Morgan fingerprint density at radius 2 is 2.08 bits per heavy atom. The average molecular weight is 205 g/mol. The largest absolute Gasteiger partial charge is 0.506 e. The van der Waals surface area contributed by atoms with Crippen LogP contribution in [0.4, 0.5) is 3.89 Å². The zero-order chi connectivity index (χ0) is 10.1. The van der Waals surface area contributed by atoms with Crippen LogP contribution in [-0.4, -0.2) is 13.5 Å². The van der Waals surface area contributed by atoms with Crippen molar-refractivity contribution in [2.24, 2.45) is 5.73 Å². The fourth-order valence-corrected chi connectivity index (χ4v) is 1.53. The van der Waals surface area contributed by atoms with Crippen molar-refractivity contribution in [3.8, 4) is 5.75 Å². The minimum atomic E-state index is -4.87. The molecule has 0 bridgehead atoms. The van der Waals surface area contributed by atoms with Gasteiger partial charge in [-0.2, -0.15) is 8.42 Å². The van der Waals surface area contributed by atoms with Gasteiger partial charge >= 0.3 is 10.2 Å². The maximum Gasteiger partial charge on any atom is 0.335 e. The molecule has 0 amide bonds. The van der Waals surface area contributed by atoms with Crippen LogP contribution in [0.25, 0.3) is 0 Å². The number of rotatable bonds is 2. The Bertz CT molecular complexity index is 416. The highest BCUT2D eigenvalue weighted by atomic mass is 32.3. The van der Waals surface area contributed by atoms with Gasteiger partial charge in [0.15, 0.2) is 0 Å². The van der Waals surface area contributed by atoms with Crippen molar-refractivity contribution >= 4 is 10.2 Å². The predicted octanol–water partition coefficient (Wildman–Crippen LogP) is 0.509. The van der Waals surface area contributed by atoms with E-state index in [4.69, 9.17) is 5.73 Å². The van der Waals surface area contributed by atoms with Crippen LogP contribution >= 0.6 is 0 Å². The zero-order valence-corrected chi connectivity index (χ0v) is 7.38. The van der Waals surface area contributed by atoms with Gasteiger partial charge in [-0.25, -0.2) is 0 Å². The van der Waals surface area contributed by atoms with E-state index in [1.54, 1.807) is 0 Å². The molecule has 0 saturated heterocycles. The highest BCUT2D eigenvalue weighted by Crippen LogP contribution is 2.27. The molecule has 0 aromatic heterocycles. The molecule has 0 heterocycles. The lowest BCUT2D eigenvalue weighted by Gasteiger charge is -2.03. The molecule has 6 heteroatoms. The lowest BCUT2D eigenvalue weighted by atomic mass is 10.2. The van der Waals surface area contributed by atoms with E-state index in [1.807, 2.05) is 0 Å². The Balaban J connectivity index is 3.41. The van der Waals surface area contributed by atoms with Gasteiger partial charge in [0.2, 0.25) is 0 Å². The Labute approximate surface area is 75.0 Å². The SMILES string of the molecule is NCc1cccc(S(=O)(=O)F)c1O. The van der Waals surface area contributed by atoms with Gasteiger partial charge in [-0.3, -0.25) is 0 Å². The highest BCUT2D eigenvalue weighted by Gasteiger charge is 2.18. The van der Waals surface area contributed by atoms with Gasteiger partial charge in [0.05, 0.1) is 0 Å². The average Bonchev–Trinajstić information content (AvgIpc) is 2.02. The van der Waals surface area contributed by atoms with Crippen molar-refractivity contribution in [2.45, 2.75) is 11.4 Å². The summed E-state index contributed by atoms with van der Waals surface area (Å²) in [5.41, 5.74) is 5.38. The Kier molecular flexibility index (Phi) is 2.53. The second kappa shape index (κ2) is 3.31. The van der Waals surface area contributed by atoms with Crippen molar-refractivity contribution < 1.29 is 17.4 Å². The molecule has 0 spiro atoms. The summed E-state index contributed by atoms with van der Waals surface area (Å²) < 4.78 is 33.4. The standard InChI is InChI=1S/C7H8FNO3S/c8-13(11,12)6-3-1-2-5(4-9)7(6)10/h1-3,10H,4,9H2. The van der Waals surface area contributed by atoms with E-state index in [0.717, 1.165) is 6.07 Å². The molecule has 0 aliphatic carbocycles. The van der Waals surface area contributed by atoms with Gasteiger partial charge in [0.25, 0.3) is 0 Å². The molecule has 1 aromatic rings. The lowest BCUT2D eigenvalue weighted by Crippen LogP contribution is -2.00. The molecule has 0 radical (unpaired) electrons. The summed E-state index contributed by atoms with van der Waals surface area (Å²) in [6.07, 6.45) is 0. The van der Waals surface area contributed by atoms with Crippen LogP contribution < -0.4 is 5.73 Å². The Morgan fingerprint density at radius 3 is 2.54 bits per heavy atom. The molecule has 1 aromatic carbocycles. The van der Waals surface area contributed by atoms with Crippen molar-refractivity contribution in [1.29, 1.82) is 0 Å². The van der Waals surface area contributed by atoms with Crippen molar-refractivity contribution in [2.75, 3.05) is 0 Å².